The second-order valence-electron chi connectivity index (χ2n) is 3.34. The summed E-state index contributed by atoms with van der Waals surface area (Å²) in [5.41, 5.74) is 0.507. The Morgan fingerprint density at radius 1 is 1.44 bits per heavy atom. The molecule has 1 saturated carbocycles. The van der Waals surface area contributed by atoms with Crippen molar-refractivity contribution < 1.29 is 5.11 Å². The van der Waals surface area contributed by atoms with E-state index < -0.39 is 0 Å². The first-order chi connectivity index (χ1) is 4.35. The highest BCUT2D eigenvalue weighted by atomic mass is 16.3. The molecule has 0 aromatic carbocycles. The molecular weight excluding hydrogens is 114 g/mol. The van der Waals surface area contributed by atoms with E-state index in [9.17, 15) is 0 Å². The molecule has 0 aromatic heterocycles. The number of aliphatic hydroxyl groups is 1. The zero-order valence-electron chi connectivity index (χ0n) is 5.56. The monoisotopic (exact) mass is 127 g/mol. The van der Waals surface area contributed by atoms with Gasteiger partial charge in [-0.1, -0.05) is 0 Å². The van der Waals surface area contributed by atoms with Crippen LogP contribution in [-0.2, 0) is 0 Å². The molecule has 0 radical (unpaired) electrons. The first-order valence-corrected chi connectivity index (χ1v) is 3.73. The average molecular weight is 127 g/mol. The molecule has 1 saturated heterocycles. The molecule has 2 heteroatoms. The van der Waals surface area contributed by atoms with Crippen molar-refractivity contribution in [1.29, 1.82) is 0 Å². The highest BCUT2D eigenvalue weighted by Gasteiger charge is 2.47. The molecule has 2 N–H and O–H groups in total. The summed E-state index contributed by atoms with van der Waals surface area (Å²) in [6.45, 7) is 0.321. The maximum absolute atomic E-state index is 8.76. The van der Waals surface area contributed by atoms with Crippen molar-refractivity contribution >= 4 is 0 Å². The normalized spacial score (nSPS) is 37.7. The molecule has 1 atom stereocenters. The van der Waals surface area contributed by atoms with Crippen LogP contribution in [0, 0.1) is 0 Å². The van der Waals surface area contributed by atoms with Crippen molar-refractivity contribution in [2.75, 3.05) is 6.61 Å². The summed E-state index contributed by atoms with van der Waals surface area (Å²) >= 11 is 0. The van der Waals surface area contributed by atoms with Crippen molar-refractivity contribution in [1.82, 2.24) is 5.32 Å². The minimum absolute atomic E-state index is 0.321. The van der Waals surface area contributed by atoms with Gasteiger partial charge >= 0.3 is 0 Å². The molecule has 1 aliphatic heterocycles. The molecule has 52 valence electrons. The Kier molecular flexibility index (Phi) is 1.08. The van der Waals surface area contributed by atoms with Crippen molar-refractivity contribution in [3.63, 3.8) is 0 Å². The van der Waals surface area contributed by atoms with Gasteiger partial charge in [0.05, 0.1) is 6.61 Å². The van der Waals surface area contributed by atoms with E-state index in [2.05, 4.69) is 5.32 Å². The fourth-order valence-electron chi connectivity index (χ4n) is 1.71. The van der Waals surface area contributed by atoms with Gasteiger partial charge in [0.1, 0.15) is 0 Å². The third-order valence-corrected chi connectivity index (χ3v) is 2.56. The van der Waals surface area contributed by atoms with Gasteiger partial charge in [0.25, 0.3) is 0 Å². The van der Waals surface area contributed by atoms with E-state index in [1.54, 1.807) is 0 Å². The van der Waals surface area contributed by atoms with Crippen molar-refractivity contribution in [2.45, 2.75) is 37.3 Å². The molecule has 9 heavy (non-hydrogen) atoms. The largest absolute Gasteiger partial charge is 0.395 e. The lowest BCUT2D eigenvalue weighted by atomic mass is 10.2. The third-order valence-electron chi connectivity index (χ3n) is 2.56. The smallest absolute Gasteiger partial charge is 0.0584 e. The van der Waals surface area contributed by atoms with Crippen LogP contribution in [0.15, 0.2) is 0 Å². The lowest BCUT2D eigenvalue weighted by molar-refractivity contribution is 0.250. The Bertz CT molecular complexity index is 120. The zero-order chi connectivity index (χ0) is 6.32. The SMILES string of the molecule is OCC1CCC2(CC2)N1. The molecule has 0 bridgehead atoms. The second-order valence-corrected chi connectivity index (χ2v) is 3.34. The third kappa shape index (κ3) is 0.864. The maximum Gasteiger partial charge on any atom is 0.0584 e. The van der Waals surface area contributed by atoms with Gasteiger partial charge in [0.2, 0.25) is 0 Å². The van der Waals surface area contributed by atoms with Gasteiger partial charge in [-0.3, -0.25) is 0 Å². The molecule has 2 rings (SSSR count). The number of hydrogen-bond donors (Lipinski definition) is 2. The van der Waals surface area contributed by atoms with Gasteiger partial charge in [-0.05, 0) is 25.7 Å². The molecule has 2 aliphatic rings. The molecule has 1 heterocycles. The van der Waals surface area contributed by atoms with Gasteiger partial charge in [-0.25, -0.2) is 0 Å². The van der Waals surface area contributed by atoms with Gasteiger partial charge < -0.3 is 10.4 Å². The van der Waals surface area contributed by atoms with E-state index in [1.165, 1.54) is 25.7 Å². The van der Waals surface area contributed by atoms with Crippen molar-refractivity contribution in [3.8, 4) is 0 Å². The maximum atomic E-state index is 8.76. The van der Waals surface area contributed by atoms with E-state index in [0.29, 0.717) is 18.2 Å². The molecule has 2 fully saturated rings. The molecule has 0 amide bonds. The number of nitrogens with one attached hydrogen (secondary N) is 1. The number of rotatable bonds is 1. The Morgan fingerprint density at radius 2 is 2.22 bits per heavy atom. The van der Waals surface area contributed by atoms with Crippen LogP contribution in [0.4, 0.5) is 0 Å². The summed E-state index contributed by atoms with van der Waals surface area (Å²) in [5, 5.41) is 12.2. The first-order valence-electron chi connectivity index (χ1n) is 3.73. The van der Waals surface area contributed by atoms with Crippen LogP contribution in [0.2, 0.25) is 0 Å². The van der Waals surface area contributed by atoms with Crippen LogP contribution in [0.1, 0.15) is 25.7 Å². The fourth-order valence-corrected chi connectivity index (χ4v) is 1.71. The number of aliphatic hydroxyl groups excluding tert-OH is 1. The fraction of sp³-hybridized carbons (Fsp3) is 1.00. The summed E-state index contributed by atoms with van der Waals surface area (Å²) in [6.07, 6.45) is 5.14. The molecule has 2 nitrogen and oxygen atoms in total. The van der Waals surface area contributed by atoms with E-state index in [-0.39, 0.29) is 0 Å². The predicted octanol–water partition coefficient (Wildman–Crippen LogP) is 0.263. The molecule has 1 unspecified atom stereocenters. The quantitative estimate of drug-likeness (QED) is 0.529. The van der Waals surface area contributed by atoms with E-state index in [4.69, 9.17) is 5.11 Å². The van der Waals surface area contributed by atoms with Crippen molar-refractivity contribution in [2.24, 2.45) is 0 Å². The highest BCUT2D eigenvalue weighted by Crippen LogP contribution is 2.44. The van der Waals surface area contributed by atoms with Crippen LogP contribution in [0.25, 0.3) is 0 Å². The van der Waals surface area contributed by atoms with E-state index >= 15 is 0 Å². The second kappa shape index (κ2) is 1.70. The standard InChI is InChI=1S/C7H13NO/c9-5-6-1-2-7(8-6)3-4-7/h6,8-9H,1-5H2. The lowest BCUT2D eigenvalue weighted by Crippen LogP contribution is -2.32. The first kappa shape index (κ1) is 5.69. The zero-order valence-corrected chi connectivity index (χ0v) is 5.56. The van der Waals surface area contributed by atoms with Crippen LogP contribution >= 0.6 is 0 Å². The van der Waals surface area contributed by atoms with Crippen LogP contribution in [-0.4, -0.2) is 23.3 Å². The summed E-state index contributed by atoms with van der Waals surface area (Å²) in [5.74, 6) is 0. The number of hydrogen-bond acceptors (Lipinski definition) is 2. The van der Waals surface area contributed by atoms with Crippen LogP contribution in [0.5, 0.6) is 0 Å². The van der Waals surface area contributed by atoms with E-state index in [0.717, 1.165) is 0 Å². The summed E-state index contributed by atoms with van der Waals surface area (Å²) in [4.78, 5) is 0. The Hall–Kier alpha value is -0.0800. The Balaban J connectivity index is 1.93. The van der Waals surface area contributed by atoms with Gasteiger partial charge in [-0.2, -0.15) is 0 Å². The minimum Gasteiger partial charge on any atom is -0.395 e. The highest BCUT2D eigenvalue weighted by molar-refractivity contribution is 5.07. The average Bonchev–Trinajstić information content (AvgIpc) is 2.44. The molecule has 1 spiro atoms. The minimum atomic E-state index is 0.321. The summed E-state index contributed by atoms with van der Waals surface area (Å²) < 4.78 is 0. The Morgan fingerprint density at radius 3 is 2.56 bits per heavy atom. The van der Waals surface area contributed by atoms with E-state index in [1.807, 2.05) is 0 Å². The van der Waals surface area contributed by atoms with Crippen molar-refractivity contribution in [3.05, 3.63) is 0 Å². The lowest BCUT2D eigenvalue weighted by Gasteiger charge is -2.08. The molecular formula is C7H13NO. The molecule has 1 aliphatic carbocycles. The Labute approximate surface area is 55.3 Å². The van der Waals surface area contributed by atoms with Crippen LogP contribution < -0.4 is 5.32 Å². The summed E-state index contributed by atoms with van der Waals surface area (Å²) in [7, 11) is 0. The van der Waals surface area contributed by atoms with Gasteiger partial charge in [0.15, 0.2) is 0 Å². The van der Waals surface area contributed by atoms with Gasteiger partial charge in [0, 0.05) is 11.6 Å². The summed E-state index contributed by atoms with van der Waals surface area (Å²) in [6, 6.07) is 0.410. The molecule has 0 aromatic rings. The topological polar surface area (TPSA) is 32.3 Å². The van der Waals surface area contributed by atoms with Gasteiger partial charge in [-0.15, -0.1) is 0 Å². The van der Waals surface area contributed by atoms with Crippen LogP contribution in [0.3, 0.4) is 0 Å². The predicted molar refractivity (Wildman–Crippen MR) is 35.2 cm³/mol.